The minimum Gasteiger partial charge on any atom is -0.379 e. The zero-order chi connectivity index (χ0) is 13.4. The number of piperidine rings is 1. The number of fused-ring (bicyclic) bond motifs is 2. The van der Waals surface area contributed by atoms with Crippen molar-refractivity contribution in [3.05, 3.63) is 36.8 Å². The van der Waals surface area contributed by atoms with Gasteiger partial charge in [-0.15, -0.1) is 0 Å². The lowest BCUT2D eigenvalue weighted by Gasteiger charge is -2.32. The molecule has 5 nitrogen and oxygen atoms in total. The molecule has 0 aliphatic carbocycles. The molecule has 2 aromatic rings. The van der Waals surface area contributed by atoms with Gasteiger partial charge in [0.05, 0.1) is 5.69 Å². The van der Waals surface area contributed by atoms with Crippen LogP contribution in [-0.2, 0) is 0 Å². The Morgan fingerprint density at radius 3 is 3.00 bits per heavy atom. The molecule has 104 valence electrons. The molecule has 0 radical (unpaired) electrons. The van der Waals surface area contributed by atoms with Crippen LogP contribution in [0.25, 0.3) is 5.82 Å². The summed E-state index contributed by atoms with van der Waals surface area (Å²) in [5.41, 5.74) is 1.08. The third-order valence-corrected chi connectivity index (χ3v) is 4.48. The van der Waals surface area contributed by atoms with Crippen molar-refractivity contribution >= 4 is 5.69 Å². The maximum Gasteiger partial charge on any atom is 0.176 e. The Kier molecular flexibility index (Phi) is 2.92. The summed E-state index contributed by atoms with van der Waals surface area (Å²) in [4.78, 5) is 7.05. The highest BCUT2D eigenvalue weighted by Crippen LogP contribution is 2.30. The lowest BCUT2D eigenvalue weighted by molar-refractivity contribution is 0.255. The molecule has 2 bridgehead atoms. The van der Waals surface area contributed by atoms with E-state index in [1.165, 1.54) is 32.5 Å². The van der Waals surface area contributed by atoms with Crippen LogP contribution in [0, 0.1) is 5.92 Å². The zero-order valence-electron chi connectivity index (χ0n) is 11.4. The van der Waals surface area contributed by atoms with Gasteiger partial charge >= 0.3 is 0 Å². The topological polar surface area (TPSA) is 46.0 Å². The van der Waals surface area contributed by atoms with Crippen LogP contribution in [0.15, 0.2) is 36.8 Å². The first-order valence-electron chi connectivity index (χ1n) is 7.34. The van der Waals surface area contributed by atoms with Gasteiger partial charge in [-0.3, -0.25) is 0 Å². The van der Waals surface area contributed by atoms with Crippen molar-refractivity contribution in [1.29, 1.82) is 0 Å². The fourth-order valence-electron chi connectivity index (χ4n) is 3.43. The van der Waals surface area contributed by atoms with E-state index < -0.39 is 0 Å². The van der Waals surface area contributed by atoms with E-state index in [4.69, 9.17) is 0 Å². The van der Waals surface area contributed by atoms with Gasteiger partial charge in [-0.05, 0) is 43.5 Å². The van der Waals surface area contributed by atoms with E-state index in [9.17, 15) is 0 Å². The summed E-state index contributed by atoms with van der Waals surface area (Å²) in [6.45, 7) is 3.72. The third-order valence-electron chi connectivity index (χ3n) is 4.48. The Hall–Kier alpha value is -1.88. The van der Waals surface area contributed by atoms with Crippen LogP contribution in [-0.4, -0.2) is 45.3 Å². The summed E-state index contributed by atoms with van der Waals surface area (Å²) in [5.74, 6) is 1.66. The van der Waals surface area contributed by atoms with Gasteiger partial charge in [-0.25, -0.2) is 9.67 Å². The van der Waals surface area contributed by atoms with E-state index in [-0.39, 0.29) is 0 Å². The number of hydrogen-bond acceptors (Lipinski definition) is 4. The molecule has 1 N–H and O–H groups in total. The van der Waals surface area contributed by atoms with Crippen molar-refractivity contribution < 1.29 is 0 Å². The average Bonchev–Trinajstić information content (AvgIpc) is 3.13. The first kappa shape index (κ1) is 11.9. The highest BCUT2D eigenvalue weighted by atomic mass is 15.3. The second kappa shape index (κ2) is 4.90. The van der Waals surface area contributed by atoms with E-state index in [0.29, 0.717) is 6.04 Å². The highest BCUT2D eigenvalue weighted by Gasteiger charge is 2.34. The maximum absolute atomic E-state index is 4.48. The molecule has 3 atom stereocenters. The van der Waals surface area contributed by atoms with E-state index in [0.717, 1.165) is 17.4 Å². The van der Waals surface area contributed by atoms with E-state index in [1.807, 2.05) is 29.2 Å². The van der Waals surface area contributed by atoms with Gasteiger partial charge in [0.25, 0.3) is 0 Å². The number of nitrogens with one attached hydrogen (secondary N) is 1. The molecule has 0 amide bonds. The highest BCUT2D eigenvalue weighted by molar-refractivity contribution is 5.57. The van der Waals surface area contributed by atoms with Crippen LogP contribution in [0.3, 0.4) is 0 Å². The number of anilines is 1. The predicted octanol–water partition coefficient (Wildman–Crippen LogP) is 1.77. The summed E-state index contributed by atoms with van der Waals surface area (Å²) in [5, 5.41) is 8.01. The summed E-state index contributed by atoms with van der Waals surface area (Å²) < 4.78 is 1.83. The van der Waals surface area contributed by atoms with Gasteiger partial charge in [0.1, 0.15) is 0 Å². The van der Waals surface area contributed by atoms with Crippen molar-refractivity contribution in [3.8, 4) is 5.82 Å². The Morgan fingerprint density at radius 2 is 2.10 bits per heavy atom. The normalized spacial score (nSPS) is 28.5. The van der Waals surface area contributed by atoms with E-state index >= 15 is 0 Å². The summed E-state index contributed by atoms with van der Waals surface area (Å²) in [6, 6.07) is 6.57. The lowest BCUT2D eigenvalue weighted by atomic mass is 9.94. The van der Waals surface area contributed by atoms with Crippen LogP contribution < -0.4 is 5.32 Å². The van der Waals surface area contributed by atoms with Crippen molar-refractivity contribution in [3.63, 3.8) is 0 Å². The van der Waals surface area contributed by atoms with Crippen molar-refractivity contribution in [2.24, 2.45) is 5.92 Å². The van der Waals surface area contributed by atoms with Crippen LogP contribution in [0.1, 0.15) is 12.8 Å². The lowest BCUT2D eigenvalue weighted by Crippen LogP contribution is -2.39. The SMILES string of the molecule is c1cnc(-n2cccn2)c(NC2CCN3CCC2C3)c1. The fourth-order valence-corrected chi connectivity index (χ4v) is 3.43. The van der Waals surface area contributed by atoms with Gasteiger partial charge in [-0.2, -0.15) is 5.10 Å². The zero-order valence-corrected chi connectivity index (χ0v) is 11.4. The smallest absolute Gasteiger partial charge is 0.176 e. The molecule has 4 rings (SSSR count). The second-order valence-electron chi connectivity index (χ2n) is 5.71. The van der Waals surface area contributed by atoms with E-state index in [1.54, 1.807) is 6.20 Å². The minimum absolute atomic E-state index is 0.562. The van der Waals surface area contributed by atoms with Gasteiger partial charge in [0.15, 0.2) is 5.82 Å². The number of hydrogen-bond donors (Lipinski definition) is 1. The van der Waals surface area contributed by atoms with Gasteiger partial charge in [-0.1, -0.05) is 0 Å². The molecular formula is C15H19N5. The molecule has 2 aliphatic rings. The quantitative estimate of drug-likeness (QED) is 0.922. The molecule has 2 saturated heterocycles. The number of rotatable bonds is 3. The first-order valence-corrected chi connectivity index (χ1v) is 7.34. The molecule has 0 saturated carbocycles. The minimum atomic E-state index is 0.562. The largest absolute Gasteiger partial charge is 0.379 e. The van der Waals surface area contributed by atoms with Gasteiger partial charge in [0.2, 0.25) is 0 Å². The van der Waals surface area contributed by atoms with Gasteiger partial charge in [0, 0.05) is 37.7 Å². The van der Waals surface area contributed by atoms with Gasteiger partial charge < -0.3 is 10.2 Å². The molecule has 5 heteroatoms. The van der Waals surface area contributed by atoms with Crippen LogP contribution in [0.2, 0.25) is 0 Å². The molecule has 2 aromatic heterocycles. The fraction of sp³-hybridized carbons (Fsp3) is 0.467. The molecule has 0 aromatic carbocycles. The molecule has 20 heavy (non-hydrogen) atoms. The molecule has 4 heterocycles. The first-order chi connectivity index (χ1) is 9.90. The second-order valence-corrected chi connectivity index (χ2v) is 5.71. The number of aromatic nitrogens is 3. The maximum atomic E-state index is 4.48. The number of pyridine rings is 1. The van der Waals surface area contributed by atoms with Crippen LogP contribution in [0.5, 0.6) is 0 Å². The van der Waals surface area contributed by atoms with Crippen LogP contribution in [0.4, 0.5) is 5.69 Å². The standard InChI is InChI=1S/C15H19N5/c1-3-14(15(16-6-1)20-8-2-7-17-20)18-13-5-10-19-9-4-12(13)11-19/h1-3,6-8,12-13,18H,4-5,9-11H2. The summed E-state index contributed by atoms with van der Waals surface area (Å²) in [6.07, 6.45) is 8.08. The van der Waals surface area contributed by atoms with Crippen molar-refractivity contribution in [1.82, 2.24) is 19.7 Å². The average molecular weight is 269 g/mol. The number of nitrogens with zero attached hydrogens (tertiary/aromatic N) is 4. The summed E-state index contributed by atoms with van der Waals surface area (Å²) >= 11 is 0. The molecule has 0 spiro atoms. The molecule has 2 aliphatic heterocycles. The summed E-state index contributed by atoms with van der Waals surface area (Å²) in [7, 11) is 0. The predicted molar refractivity (Wildman–Crippen MR) is 77.9 cm³/mol. The molecular weight excluding hydrogens is 250 g/mol. The monoisotopic (exact) mass is 269 g/mol. The Bertz CT molecular complexity index is 580. The Balaban J connectivity index is 1.60. The van der Waals surface area contributed by atoms with Crippen molar-refractivity contribution in [2.45, 2.75) is 18.9 Å². The Labute approximate surface area is 118 Å². The third kappa shape index (κ3) is 2.08. The Morgan fingerprint density at radius 1 is 1.15 bits per heavy atom. The van der Waals surface area contributed by atoms with E-state index in [2.05, 4.69) is 26.4 Å². The van der Waals surface area contributed by atoms with Crippen LogP contribution >= 0.6 is 0 Å². The van der Waals surface area contributed by atoms with Crippen molar-refractivity contribution in [2.75, 3.05) is 25.0 Å². The molecule has 2 fully saturated rings. The molecule has 3 unspecified atom stereocenters.